The van der Waals surface area contributed by atoms with E-state index in [1.54, 1.807) is 4.57 Å². The third kappa shape index (κ3) is 5.87. The number of hydrogen-bond donors (Lipinski definition) is 1. The number of fused-ring (bicyclic) bond motifs is 3. The van der Waals surface area contributed by atoms with E-state index in [0.29, 0.717) is 42.4 Å². The quantitative estimate of drug-likeness (QED) is 0.195. The predicted octanol–water partition coefficient (Wildman–Crippen LogP) is 4.41. The second-order valence-electron chi connectivity index (χ2n) is 8.27. The normalized spacial score (nSPS) is 11.5. The number of carbonyl (C=O) groups is 1. The number of benzene rings is 2. The lowest BCUT2D eigenvalue weighted by molar-refractivity contribution is -0.118. The molecule has 0 fully saturated rings. The molecule has 1 amide bonds. The van der Waals surface area contributed by atoms with E-state index in [-0.39, 0.29) is 28.9 Å². The van der Waals surface area contributed by atoms with Gasteiger partial charge in [-0.1, -0.05) is 54.2 Å². The minimum absolute atomic E-state index is 0.0954. The highest BCUT2D eigenvalue weighted by Crippen LogP contribution is 2.27. The molecule has 1 N–H and O–H groups in total. The topological polar surface area (TPSA) is 86.4 Å². The van der Waals surface area contributed by atoms with Crippen LogP contribution in [0.25, 0.3) is 22.1 Å². The molecule has 4 rings (SSSR count). The van der Waals surface area contributed by atoms with E-state index in [1.807, 2.05) is 68.4 Å². The van der Waals surface area contributed by atoms with Crippen molar-refractivity contribution in [2.45, 2.75) is 44.5 Å². The Kier molecular flexibility index (Phi) is 8.03. The summed E-state index contributed by atoms with van der Waals surface area (Å²) in [4.78, 5) is 30.5. The van der Waals surface area contributed by atoms with Gasteiger partial charge in [0.1, 0.15) is 11.1 Å². The Bertz CT molecular complexity index is 1310. The average molecular weight is 480 g/mol. The monoisotopic (exact) mass is 479 g/mol. The average Bonchev–Trinajstić information content (AvgIpc) is 3.21. The molecule has 2 heterocycles. The Morgan fingerprint density at radius 2 is 1.91 bits per heavy atom. The molecule has 2 aromatic carbocycles. The van der Waals surface area contributed by atoms with Gasteiger partial charge in [-0.25, -0.2) is 4.98 Å². The molecular formula is C26H29N3O4S. The highest BCUT2D eigenvalue weighted by Gasteiger charge is 2.18. The first-order valence-corrected chi connectivity index (χ1v) is 12.5. The van der Waals surface area contributed by atoms with E-state index in [1.165, 1.54) is 17.3 Å². The van der Waals surface area contributed by atoms with Crippen LogP contribution in [0.15, 0.2) is 69.0 Å². The lowest BCUT2D eigenvalue weighted by Gasteiger charge is -2.13. The van der Waals surface area contributed by atoms with E-state index < -0.39 is 0 Å². The van der Waals surface area contributed by atoms with Crippen molar-refractivity contribution in [1.29, 1.82) is 0 Å². The zero-order valence-corrected chi connectivity index (χ0v) is 20.3. The van der Waals surface area contributed by atoms with Crippen LogP contribution in [-0.4, -0.2) is 40.5 Å². The third-order valence-corrected chi connectivity index (χ3v) is 6.31. The number of furan rings is 1. The summed E-state index contributed by atoms with van der Waals surface area (Å²) >= 11 is 1.26. The molecule has 0 aliphatic rings. The van der Waals surface area contributed by atoms with Crippen LogP contribution in [0.1, 0.15) is 25.8 Å². The van der Waals surface area contributed by atoms with Gasteiger partial charge in [0.25, 0.3) is 5.56 Å². The number of thioether (sulfide) groups is 1. The van der Waals surface area contributed by atoms with Gasteiger partial charge in [-0.05, 0) is 44.4 Å². The molecule has 0 saturated heterocycles. The summed E-state index contributed by atoms with van der Waals surface area (Å²) in [6, 6.07) is 17.5. The Morgan fingerprint density at radius 3 is 2.71 bits per heavy atom. The summed E-state index contributed by atoms with van der Waals surface area (Å²) in [7, 11) is 0. The number of ether oxygens (including phenoxy) is 1. The van der Waals surface area contributed by atoms with Gasteiger partial charge >= 0.3 is 0 Å². The van der Waals surface area contributed by atoms with Gasteiger partial charge in [0, 0.05) is 25.1 Å². The number of rotatable bonds is 11. The standard InChI is InChI=1S/C26H29N3O4S/c1-18(2)32-16-8-15-29-25(31)24-23(20-11-6-7-12-21(20)33-24)28-26(29)34-17-22(30)27-14-13-19-9-4-3-5-10-19/h3-7,9-12,18H,8,13-17H2,1-2H3,(H,27,30). The number of carbonyl (C=O) groups excluding carboxylic acids is 1. The van der Waals surface area contributed by atoms with E-state index >= 15 is 0 Å². The van der Waals surface area contributed by atoms with E-state index in [2.05, 4.69) is 5.32 Å². The molecule has 0 spiro atoms. The Hall–Kier alpha value is -3.10. The van der Waals surface area contributed by atoms with Crippen molar-refractivity contribution in [3.05, 3.63) is 70.5 Å². The summed E-state index contributed by atoms with van der Waals surface area (Å²) in [6.45, 7) is 5.48. The zero-order valence-electron chi connectivity index (χ0n) is 19.5. The minimum Gasteiger partial charge on any atom is -0.448 e. The first kappa shape index (κ1) is 24.0. The number of aromatic nitrogens is 2. The third-order valence-electron chi connectivity index (χ3n) is 5.34. The highest BCUT2D eigenvalue weighted by molar-refractivity contribution is 7.99. The first-order valence-electron chi connectivity index (χ1n) is 11.5. The molecule has 0 saturated carbocycles. The maximum atomic E-state index is 13.3. The summed E-state index contributed by atoms with van der Waals surface area (Å²) in [5.74, 6) is 0.0763. The first-order chi connectivity index (χ1) is 16.5. The molecule has 0 aliphatic heterocycles. The summed E-state index contributed by atoms with van der Waals surface area (Å²) in [5.41, 5.74) is 2.33. The van der Waals surface area contributed by atoms with Gasteiger partial charge in [0.15, 0.2) is 5.16 Å². The van der Waals surface area contributed by atoms with Crippen molar-refractivity contribution in [3.8, 4) is 0 Å². The molecular weight excluding hydrogens is 450 g/mol. The second-order valence-corrected chi connectivity index (χ2v) is 9.22. The fourth-order valence-corrected chi connectivity index (χ4v) is 4.52. The molecule has 0 atom stereocenters. The fraction of sp³-hybridized carbons (Fsp3) is 0.346. The molecule has 8 heteroatoms. The van der Waals surface area contributed by atoms with Gasteiger partial charge in [-0.2, -0.15) is 0 Å². The largest absolute Gasteiger partial charge is 0.448 e. The number of para-hydroxylation sites is 1. The Morgan fingerprint density at radius 1 is 1.15 bits per heavy atom. The zero-order chi connectivity index (χ0) is 23.9. The van der Waals surface area contributed by atoms with Crippen molar-refractivity contribution in [2.75, 3.05) is 18.9 Å². The van der Waals surface area contributed by atoms with E-state index in [9.17, 15) is 9.59 Å². The van der Waals surface area contributed by atoms with Crippen LogP contribution in [-0.2, 0) is 22.5 Å². The van der Waals surface area contributed by atoms with Gasteiger partial charge < -0.3 is 14.5 Å². The number of amides is 1. The number of hydrogen-bond acceptors (Lipinski definition) is 6. The lowest BCUT2D eigenvalue weighted by atomic mass is 10.1. The molecule has 0 bridgehead atoms. The molecule has 7 nitrogen and oxygen atoms in total. The van der Waals surface area contributed by atoms with Crippen LogP contribution in [0, 0.1) is 0 Å². The van der Waals surface area contributed by atoms with Gasteiger partial charge in [0.05, 0.1) is 11.9 Å². The molecule has 4 aromatic rings. The van der Waals surface area contributed by atoms with Crippen molar-refractivity contribution in [2.24, 2.45) is 0 Å². The summed E-state index contributed by atoms with van der Waals surface area (Å²) in [6.07, 6.45) is 1.55. The molecule has 34 heavy (non-hydrogen) atoms. The van der Waals surface area contributed by atoms with Crippen LogP contribution in [0.4, 0.5) is 0 Å². The van der Waals surface area contributed by atoms with Gasteiger partial charge in [0.2, 0.25) is 11.5 Å². The molecule has 178 valence electrons. The highest BCUT2D eigenvalue weighted by atomic mass is 32.2. The number of nitrogens with one attached hydrogen (secondary N) is 1. The fourth-order valence-electron chi connectivity index (χ4n) is 3.67. The van der Waals surface area contributed by atoms with Gasteiger partial charge in [-0.3, -0.25) is 14.2 Å². The smallest absolute Gasteiger partial charge is 0.297 e. The van der Waals surface area contributed by atoms with Crippen molar-refractivity contribution < 1.29 is 13.9 Å². The maximum absolute atomic E-state index is 13.3. The van der Waals surface area contributed by atoms with Crippen molar-refractivity contribution in [1.82, 2.24) is 14.9 Å². The number of nitrogens with zero attached hydrogens (tertiary/aromatic N) is 2. The molecule has 0 aliphatic carbocycles. The van der Waals surface area contributed by atoms with Crippen LogP contribution < -0.4 is 10.9 Å². The van der Waals surface area contributed by atoms with E-state index in [4.69, 9.17) is 14.1 Å². The van der Waals surface area contributed by atoms with Crippen LogP contribution in [0.3, 0.4) is 0 Å². The van der Waals surface area contributed by atoms with Gasteiger partial charge in [-0.15, -0.1) is 0 Å². The van der Waals surface area contributed by atoms with Crippen molar-refractivity contribution in [3.63, 3.8) is 0 Å². The minimum atomic E-state index is -0.238. The van der Waals surface area contributed by atoms with E-state index in [0.717, 1.165) is 11.8 Å². The Labute approximate surface area is 202 Å². The van der Waals surface area contributed by atoms with Crippen LogP contribution >= 0.6 is 11.8 Å². The molecule has 0 radical (unpaired) electrons. The van der Waals surface area contributed by atoms with Crippen LogP contribution in [0.2, 0.25) is 0 Å². The second kappa shape index (κ2) is 11.4. The SMILES string of the molecule is CC(C)OCCCn1c(SCC(=O)NCCc2ccccc2)nc2c(oc3ccccc32)c1=O. The Balaban J connectivity index is 1.50. The molecule has 0 unspecified atom stereocenters. The lowest BCUT2D eigenvalue weighted by Crippen LogP contribution is -2.28. The van der Waals surface area contributed by atoms with Crippen molar-refractivity contribution >= 4 is 39.7 Å². The molecule has 2 aromatic heterocycles. The summed E-state index contributed by atoms with van der Waals surface area (Å²) < 4.78 is 13.0. The van der Waals surface area contributed by atoms with Crippen LogP contribution in [0.5, 0.6) is 0 Å². The maximum Gasteiger partial charge on any atom is 0.297 e. The summed E-state index contributed by atoms with van der Waals surface area (Å²) in [5, 5.41) is 4.25. The predicted molar refractivity (Wildman–Crippen MR) is 135 cm³/mol.